The molecule has 0 unspecified atom stereocenters. The number of hydrogen-bond acceptors (Lipinski definition) is 3. The Bertz CT molecular complexity index is 648. The highest BCUT2D eigenvalue weighted by Crippen LogP contribution is 2.33. The van der Waals surface area contributed by atoms with Crippen LogP contribution >= 0.6 is 0 Å². The Morgan fingerprint density at radius 3 is 2.40 bits per heavy atom. The van der Waals surface area contributed by atoms with Crippen LogP contribution in [0.15, 0.2) is 18.2 Å². The summed E-state index contributed by atoms with van der Waals surface area (Å²) in [6.07, 6.45) is 5.87. The molecule has 0 atom stereocenters. The number of amides is 2. The molecule has 0 radical (unpaired) electrons. The summed E-state index contributed by atoms with van der Waals surface area (Å²) in [4.78, 5) is 28.6. The van der Waals surface area contributed by atoms with Gasteiger partial charge in [-0.2, -0.15) is 0 Å². The first-order valence-electron chi connectivity index (χ1n) is 9.40. The van der Waals surface area contributed by atoms with Gasteiger partial charge in [-0.05, 0) is 49.4 Å². The zero-order valence-corrected chi connectivity index (χ0v) is 15.5. The molecule has 1 N–H and O–H groups in total. The second kappa shape index (κ2) is 7.46. The van der Waals surface area contributed by atoms with Crippen LogP contribution in [0.25, 0.3) is 0 Å². The maximum Gasteiger partial charge on any atom is 0.227 e. The minimum atomic E-state index is 0.124. The second-order valence-corrected chi connectivity index (χ2v) is 7.46. The monoisotopic (exact) mass is 343 g/mol. The van der Waals surface area contributed by atoms with Gasteiger partial charge < -0.3 is 15.1 Å². The molecule has 2 aliphatic rings. The van der Waals surface area contributed by atoms with Gasteiger partial charge in [0.15, 0.2) is 0 Å². The Morgan fingerprint density at radius 2 is 1.88 bits per heavy atom. The molecule has 3 rings (SSSR count). The van der Waals surface area contributed by atoms with Gasteiger partial charge in [-0.15, -0.1) is 0 Å². The van der Waals surface area contributed by atoms with Crippen molar-refractivity contribution in [3.05, 3.63) is 23.8 Å². The summed E-state index contributed by atoms with van der Waals surface area (Å²) in [6, 6.07) is 6.41. The average molecular weight is 343 g/mol. The van der Waals surface area contributed by atoms with E-state index < -0.39 is 0 Å². The number of nitrogens with zero attached hydrogens (tertiary/aromatic N) is 2. The lowest BCUT2D eigenvalue weighted by Crippen LogP contribution is -2.32. The summed E-state index contributed by atoms with van der Waals surface area (Å²) in [6.45, 7) is 2.53. The molecule has 25 heavy (non-hydrogen) atoms. The van der Waals surface area contributed by atoms with Gasteiger partial charge in [0.05, 0.1) is 0 Å². The van der Waals surface area contributed by atoms with E-state index in [-0.39, 0.29) is 17.7 Å². The SMILES string of the molecule is CCC(=O)N(Cc1cc(NC(=O)C2CCC2)ccc1N(C)C)C1CC1. The zero-order valence-electron chi connectivity index (χ0n) is 15.5. The lowest BCUT2D eigenvalue weighted by Gasteiger charge is -2.27. The summed E-state index contributed by atoms with van der Waals surface area (Å²) in [5.74, 6) is 0.496. The molecule has 1 aromatic carbocycles. The fourth-order valence-corrected chi connectivity index (χ4v) is 3.33. The van der Waals surface area contributed by atoms with Crippen LogP contribution in [0.2, 0.25) is 0 Å². The number of carbonyl (C=O) groups excluding carboxylic acids is 2. The van der Waals surface area contributed by atoms with Crippen molar-refractivity contribution >= 4 is 23.2 Å². The highest BCUT2D eigenvalue weighted by Gasteiger charge is 2.32. The summed E-state index contributed by atoms with van der Waals surface area (Å²) in [5.41, 5.74) is 3.01. The Balaban J connectivity index is 1.80. The van der Waals surface area contributed by atoms with E-state index in [1.54, 1.807) is 0 Å². The van der Waals surface area contributed by atoms with E-state index in [2.05, 4.69) is 10.2 Å². The molecule has 5 heteroatoms. The van der Waals surface area contributed by atoms with Crippen LogP contribution in [0.1, 0.15) is 51.0 Å². The zero-order chi connectivity index (χ0) is 18.0. The van der Waals surface area contributed by atoms with E-state index in [4.69, 9.17) is 0 Å². The first kappa shape index (κ1) is 17.8. The highest BCUT2D eigenvalue weighted by atomic mass is 16.2. The van der Waals surface area contributed by atoms with Gasteiger partial charge in [-0.3, -0.25) is 9.59 Å². The third kappa shape index (κ3) is 4.14. The second-order valence-electron chi connectivity index (χ2n) is 7.46. The predicted molar refractivity (Wildman–Crippen MR) is 101 cm³/mol. The van der Waals surface area contributed by atoms with Crippen molar-refractivity contribution in [3.63, 3.8) is 0 Å². The van der Waals surface area contributed by atoms with Crippen LogP contribution in [0.3, 0.4) is 0 Å². The maximum atomic E-state index is 12.3. The van der Waals surface area contributed by atoms with E-state index in [0.29, 0.717) is 19.0 Å². The van der Waals surface area contributed by atoms with Crippen molar-refractivity contribution in [3.8, 4) is 0 Å². The van der Waals surface area contributed by atoms with Crippen molar-refractivity contribution in [1.82, 2.24) is 4.90 Å². The normalized spacial score (nSPS) is 16.9. The van der Waals surface area contributed by atoms with E-state index >= 15 is 0 Å². The number of hydrogen-bond donors (Lipinski definition) is 1. The molecule has 0 heterocycles. The lowest BCUT2D eigenvalue weighted by atomic mass is 9.85. The number of rotatable bonds is 7. The molecule has 0 aromatic heterocycles. The van der Waals surface area contributed by atoms with Crippen molar-refractivity contribution in [2.24, 2.45) is 5.92 Å². The number of anilines is 2. The Kier molecular flexibility index (Phi) is 5.30. The van der Waals surface area contributed by atoms with E-state index in [1.165, 1.54) is 0 Å². The first-order chi connectivity index (χ1) is 12.0. The van der Waals surface area contributed by atoms with Crippen LogP contribution in [0.4, 0.5) is 11.4 Å². The average Bonchev–Trinajstić information content (AvgIpc) is 3.34. The summed E-state index contributed by atoms with van der Waals surface area (Å²) in [5, 5.41) is 3.05. The highest BCUT2D eigenvalue weighted by molar-refractivity contribution is 5.93. The molecule has 2 fully saturated rings. The quantitative estimate of drug-likeness (QED) is 0.825. The van der Waals surface area contributed by atoms with Gasteiger partial charge in [0, 0.05) is 50.4 Å². The molecule has 0 spiro atoms. The standard InChI is InChI=1S/C20H29N3O2/c1-4-19(24)23(17-9-10-17)13-15-12-16(8-11-18(15)22(2)3)21-20(25)14-6-5-7-14/h8,11-12,14,17H,4-7,9-10,13H2,1-3H3,(H,21,25). The minimum absolute atomic E-state index is 0.124. The summed E-state index contributed by atoms with van der Waals surface area (Å²) in [7, 11) is 4.02. The number of nitrogens with one attached hydrogen (secondary N) is 1. The van der Waals surface area contributed by atoms with E-state index in [0.717, 1.165) is 49.0 Å². The molecule has 136 valence electrons. The molecule has 5 nitrogen and oxygen atoms in total. The number of carbonyl (C=O) groups is 2. The van der Waals surface area contributed by atoms with Crippen molar-refractivity contribution in [2.75, 3.05) is 24.3 Å². The van der Waals surface area contributed by atoms with Gasteiger partial charge in [0.2, 0.25) is 11.8 Å². The van der Waals surface area contributed by atoms with Crippen LogP contribution < -0.4 is 10.2 Å². The molecule has 0 bridgehead atoms. The third-order valence-corrected chi connectivity index (χ3v) is 5.26. The molecule has 2 aliphatic carbocycles. The number of benzene rings is 1. The Hall–Kier alpha value is -2.04. The van der Waals surface area contributed by atoms with Gasteiger partial charge in [-0.1, -0.05) is 13.3 Å². The lowest BCUT2D eigenvalue weighted by molar-refractivity contribution is -0.132. The molecule has 2 amide bonds. The fourth-order valence-electron chi connectivity index (χ4n) is 3.33. The van der Waals surface area contributed by atoms with Crippen molar-refractivity contribution in [2.45, 2.75) is 58.0 Å². The largest absolute Gasteiger partial charge is 0.377 e. The molecule has 0 aliphatic heterocycles. The fraction of sp³-hybridized carbons (Fsp3) is 0.600. The van der Waals surface area contributed by atoms with Crippen molar-refractivity contribution in [1.29, 1.82) is 0 Å². The van der Waals surface area contributed by atoms with Gasteiger partial charge in [-0.25, -0.2) is 0 Å². The summed E-state index contributed by atoms with van der Waals surface area (Å²) >= 11 is 0. The molecular weight excluding hydrogens is 314 g/mol. The Morgan fingerprint density at radius 1 is 1.16 bits per heavy atom. The van der Waals surface area contributed by atoms with Gasteiger partial charge >= 0.3 is 0 Å². The molecular formula is C20H29N3O2. The van der Waals surface area contributed by atoms with E-state index in [1.807, 2.05) is 44.1 Å². The van der Waals surface area contributed by atoms with Gasteiger partial charge in [0.25, 0.3) is 0 Å². The molecule has 2 saturated carbocycles. The van der Waals surface area contributed by atoms with Crippen LogP contribution in [0.5, 0.6) is 0 Å². The third-order valence-electron chi connectivity index (χ3n) is 5.26. The topological polar surface area (TPSA) is 52.7 Å². The Labute approximate surface area is 150 Å². The maximum absolute atomic E-state index is 12.3. The minimum Gasteiger partial charge on any atom is -0.377 e. The van der Waals surface area contributed by atoms with Crippen LogP contribution in [-0.4, -0.2) is 36.9 Å². The molecule has 1 aromatic rings. The van der Waals surface area contributed by atoms with Crippen molar-refractivity contribution < 1.29 is 9.59 Å². The van der Waals surface area contributed by atoms with Crippen LogP contribution in [-0.2, 0) is 16.1 Å². The van der Waals surface area contributed by atoms with Crippen LogP contribution in [0, 0.1) is 5.92 Å². The summed E-state index contributed by atoms with van der Waals surface area (Å²) < 4.78 is 0. The van der Waals surface area contributed by atoms with Gasteiger partial charge in [0.1, 0.15) is 0 Å². The van der Waals surface area contributed by atoms with E-state index in [9.17, 15) is 9.59 Å². The predicted octanol–water partition coefficient (Wildman–Crippen LogP) is 3.39. The molecule has 0 saturated heterocycles. The smallest absolute Gasteiger partial charge is 0.227 e. The first-order valence-corrected chi connectivity index (χ1v) is 9.40.